The predicted molar refractivity (Wildman–Crippen MR) is 186 cm³/mol. The van der Waals surface area contributed by atoms with Crippen LogP contribution in [0.5, 0.6) is 5.75 Å². The number of aromatic amines is 2. The van der Waals surface area contributed by atoms with Gasteiger partial charge in [-0.25, -0.2) is 9.97 Å². The molecule has 3 aromatic heterocycles. The van der Waals surface area contributed by atoms with E-state index in [-0.39, 0.29) is 23.0 Å². The van der Waals surface area contributed by atoms with Crippen molar-refractivity contribution < 1.29 is 22.7 Å². The number of ether oxygens (including phenoxy) is 1. The first kappa shape index (κ1) is 32.2. The molecule has 0 aliphatic carbocycles. The lowest BCUT2D eigenvalue weighted by molar-refractivity contribution is -0.153. The van der Waals surface area contributed by atoms with E-state index in [1.54, 1.807) is 18.5 Å². The molecule has 0 radical (unpaired) electrons. The number of alkyl halides is 3. The number of nitrogens with one attached hydrogen (secondary N) is 2. The van der Waals surface area contributed by atoms with E-state index in [2.05, 4.69) is 50.4 Å². The molecule has 0 unspecified atom stereocenters. The summed E-state index contributed by atoms with van der Waals surface area (Å²) in [6.07, 6.45) is 5.08. The van der Waals surface area contributed by atoms with E-state index in [1.165, 1.54) is 6.08 Å². The molecule has 260 valence electrons. The number of H-pyrrole nitrogens is 2. The Morgan fingerprint density at radius 3 is 2.24 bits per heavy atom. The smallest absolute Gasteiger partial charge is 0.422 e. The van der Waals surface area contributed by atoms with Crippen LogP contribution in [0.2, 0.25) is 0 Å². The summed E-state index contributed by atoms with van der Waals surface area (Å²) in [7, 11) is 2.08. The molecule has 6 heterocycles. The Bertz CT molecular complexity index is 2080. The Morgan fingerprint density at radius 2 is 1.64 bits per heavy atom. The van der Waals surface area contributed by atoms with Crippen LogP contribution in [-0.4, -0.2) is 105 Å². The summed E-state index contributed by atoms with van der Waals surface area (Å²) in [5.41, 5.74) is 3.39. The van der Waals surface area contributed by atoms with Crippen molar-refractivity contribution in [1.82, 2.24) is 40.2 Å². The molecule has 11 nitrogen and oxygen atoms in total. The number of piperidine rings is 2. The van der Waals surface area contributed by atoms with Crippen molar-refractivity contribution in [1.29, 1.82) is 0 Å². The molecule has 2 aromatic carbocycles. The van der Waals surface area contributed by atoms with Crippen molar-refractivity contribution in [3.63, 3.8) is 0 Å². The summed E-state index contributed by atoms with van der Waals surface area (Å²) in [5.74, 6) is 1.29. The first-order valence-corrected chi connectivity index (χ1v) is 16.9. The number of aromatic nitrogens is 6. The van der Waals surface area contributed by atoms with Crippen LogP contribution in [0.15, 0.2) is 43.8 Å². The van der Waals surface area contributed by atoms with Gasteiger partial charge in [0.1, 0.15) is 17.2 Å². The number of hydrogen-bond acceptors (Lipinski definition) is 8. The molecule has 14 heteroatoms. The molecule has 3 aliphatic heterocycles. The number of rotatable bonds is 7. The number of benzene rings is 2. The first-order chi connectivity index (χ1) is 24.1. The molecule has 5 aromatic rings. The van der Waals surface area contributed by atoms with E-state index in [0.717, 1.165) is 38.8 Å². The monoisotopic (exact) mass is 685 g/mol. The predicted octanol–water partition coefficient (Wildman–Crippen LogP) is 6.06. The second-order valence-corrected chi connectivity index (χ2v) is 14.0. The van der Waals surface area contributed by atoms with Crippen molar-refractivity contribution in [2.45, 2.75) is 37.8 Å². The third-order valence-electron chi connectivity index (χ3n) is 10.7. The van der Waals surface area contributed by atoms with Gasteiger partial charge in [-0.1, -0.05) is 19.2 Å². The average Bonchev–Trinajstić information content (AvgIpc) is 3.77. The lowest BCUT2D eigenvalue weighted by Gasteiger charge is -2.54. The second kappa shape index (κ2) is 12.1. The maximum Gasteiger partial charge on any atom is 0.422 e. The van der Waals surface area contributed by atoms with Gasteiger partial charge < -0.3 is 19.4 Å². The fourth-order valence-corrected chi connectivity index (χ4v) is 7.99. The Kier molecular flexibility index (Phi) is 7.81. The highest BCUT2D eigenvalue weighted by Crippen LogP contribution is 2.49. The van der Waals surface area contributed by atoms with Crippen LogP contribution in [0, 0.1) is 5.41 Å². The minimum Gasteiger partial charge on any atom is -0.481 e. The number of carbonyl (C=O) groups excluding carboxylic acids is 1. The van der Waals surface area contributed by atoms with Crippen molar-refractivity contribution in [2.75, 3.05) is 57.8 Å². The lowest BCUT2D eigenvalue weighted by atomic mass is 9.72. The lowest BCUT2D eigenvalue weighted by Crippen LogP contribution is -2.61. The summed E-state index contributed by atoms with van der Waals surface area (Å²) in [6, 6.07) is 3.80. The van der Waals surface area contributed by atoms with Crippen LogP contribution in [0.3, 0.4) is 0 Å². The third kappa shape index (κ3) is 5.55. The summed E-state index contributed by atoms with van der Waals surface area (Å²) >= 11 is 0. The van der Waals surface area contributed by atoms with Gasteiger partial charge in [0.15, 0.2) is 12.4 Å². The largest absolute Gasteiger partial charge is 0.481 e. The Hall–Kier alpha value is -4.98. The molecule has 8 rings (SSSR count). The number of fused-ring (bicyclic) bond motifs is 3. The van der Waals surface area contributed by atoms with Gasteiger partial charge in [0.2, 0.25) is 5.91 Å². The molecule has 0 bridgehead atoms. The van der Waals surface area contributed by atoms with Crippen LogP contribution >= 0.6 is 0 Å². The zero-order chi connectivity index (χ0) is 34.8. The van der Waals surface area contributed by atoms with Crippen molar-refractivity contribution in [3.05, 3.63) is 55.1 Å². The Labute approximate surface area is 286 Å². The van der Waals surface area contributed by atoms with Gasteiger partial charge >= 0.3 is 6.18 Å². The maximum absolute atomic E-state index is 14.0. The fraction of sp³-hybridized carbons (Fsp3) is 0.417. The number of amides is 1. The summed E-state index contributed by atoms with van der Waals surface area (Å²) < 4.78 is 47.9. The molecule has 1 amide bonds. The highest BCUT2D eigenvalue weighted by Gasteiger charge is 2.46. The van der Waals surface area contributed by atoms with E-state index >= 15 is 0 Å². The summed E-state index contributed by atoms with van der Waals surface area (Å²) in [5, 5.41) is 16.5. The average molecular weight is 686 g/mol. The first-order valence-electron chi connectivity index (χ1n) is 16.9. The van der Waals surface area contributed by atoms with E-state index in [1.807, 2.05) is 17.0 Å². The second-order valence-electron chi connectivity index (χ2n) is 14.0. The van der Waals surface area contributed by atoms with Crippen molar-refractivity contribution in [3.8, 4) is 16.9 Å². The van der Waals surface area contributed by atoms with E-state index in [9.17, 15) is 18.0 Å². The van der Waals surface area contributed by atoms with E-state index < -0.39 is 12.8 Å². The van der Waals surface area contributed by atoms with Crippen LogP contribution in [0.4, 0.5) is 19.0 Å². The van der Waals surface area contributed by atoms with Gasteiger partial charge in [0.25, 0.3) is 0 Å². The molecule has 0 atom stereocenters. The topological polar surface area (TPSA) is 119 Å². The van der Waals surface area contributed by atoms with Gasteiger partial charge in [-0.15, -0.1) is 0 Å². The molecule has 3 fully saturated rings. The minimum absolute atomic E-state index is 0.0230. The standard InChI is InChI=1S/C36H38F3N9O2/c1-4-21-14-23-31(32(50-20-36(37,38)39)29(21)30-24-16-40-44-26(24)15-27-25(30)17-41-45-27)42-33(22-6-10-46(3)11-7-22)43-34(23)47-12-8-35(9-13-47)18-48(19-35)28(49)5-2/h4-5,14-17,22H,1-2,6-13,18-20H2,3H3,(H,40,44)(H,41,45). The number of halogens is 3. The minimum atomic E-state index is -4.60. The third-order valence-corrected chi connectivity index (χ3v) is 10.7. The number of anilines is 1. The SMILES string of the molecule is C=CC(=O)N1CC2(CCN(c3nc(C4CCN(C)CC4)nc4c(OCC(F)(F)F)c(-c5c6cn[nH]c6cc6[nH]ncc56)c(C=C)cc34)CC2)C1. The Balaban J connectivity index is 1.33. The highest BCUT2D eigenvalue weighted by atomic mass is 19.4. The molecule has 50 heavy (non-hydrogen) atoms. The highest BCUT2D eigenvalue weighted by molar-refractivity contribution is 6.15. The molecule has 3 aliphatic rings. The zero-order valence-electron chi connectivity index (χ0n) is 27.8. The summed E-state index contributed by atoms with van der Waals surface area (Å²) in [4.78, 5) is 28.8. The van der Waals surface area contributed by atoms with Crippen LogP contribution in [0.1, 0.15) is 43.0 Å². The number of nitrogens with zero attached hydrogens (tertiary/aromatic N) is 7. The molecule has 2 N–H and O–H groups in total. The number of hydrogen-bond donors (Lipinski definition) is 2. The van der Waals surface area contributed by atoms with Crippen molar-refractivity contribution >= 4 is 50.5 Å². The molecule has 3 saturated heterocycles. The van der Waals surface area contributed by atoms with Crippen LogP contribution in [-0.2, 0) is 4.79 Å². The van der Waals surface area contributed by atoms with Gasteiger partial charge in [-0.3, -0.25) is 15.0 Å². The van der Waals surface area contributed by atoms with Crippen LogP contribution < -0.4 is 9.64 Å². The number of carbonyl (C=O) groups is 1. The van der Waals surface area contributed by atoms with E-state index in [4.69, 9.17) is 14.7 Å². The van der Waals surface area contributed by atoms with E-state index in [0.29, 0.717) is 87.2 Å². The van der Waals surface area contributed by atoms with Gasteiger partial charge in [-0.05, 0) is 69.6 Å². The summed E-state index contributed by atoms with van der Waals surface area (Å²) in [6.45, 7) is 10.7. The quantitative estimate of drug-likeness (QED) is 0.199. The van der Waals surface area contributed by atoms with Gasteiger partial charge in [-0.2, -0.15) is 23.4 Å². The maximum atomic E-state index is 14.0. The van der Waals surface area contributed by atoms with Crippen LogP contribution in [0.25, 0.3) is 49.9 Å². The molecular formula is C36H38F3N9O2. The Morgan fingerprint density at radius 1 is 0.980 bits per heavy atom. The normalized spacial score (nSPS) is 18.6. The van der Waals surface area contributed by atoms with Gasteiger partial charge in [0, 0.05) is 64.8 Å². The van der Waals surface area contributed by atoms with Crippen molar-refractivity contribution in [2.24, 2.45) is 5.41 Å². The molecular weight excluding hydrogens is 647 g/mol. The zero-order valence-corrected chi connectivity index (χ0v) is 27.8. The fourth-order valence-electron chi connectivity index (χ4n) is 7.99. The van der Waals surface area contributed by atoms with Gasteiger partial charge in [0.05, 0.1) is 23.4 Å². The molecule has 0 saturated carbocycles. The molecule has 1 spiro atoms. The number of likely N-dealkylation sites (tertiary alicyclic amines) is 2.